The van der Waals surface area contributed by atoms with Gasteiger partial charge in [0.05, 0.1) is 5.02 Å². The maximum absolute atomic E-state index is 12.1. The van der Waals surface area contributed by atoms with Crippen molar-refractivity contribution in [2.75, 3.05) is 20.2 Å². The van der Waals surface area contributed by atoms with E-state index in [4.69, 9.17) is 16.7 Å². The van der Waals surface area contributed by atoms with Crippen LogP contribution in [0.5, 0.6) is 0 Å². The molecule has 0 bridgehead atoms. The van der Waals surface area contributed by atoms with Gasteiger partial charge in [-0.2, -0.15) is 0 Å². The summed E-state index contributed by atoms with van der Waals surface area (Å²) in [4.78, 5) is 13.8. The quantitative estimate of drug-likeness (QED) is 0.861. The second-order valence-corrected chi connectivity index (χ2v) is 4.64. The first-order valence-corrected chi connectivity index (χ1v) is 6.62. The molecule has 0 radical (unpaired) electrons. The Bertz CT molecular complexity index is 503. The highest BCUT2D eigenvalue weighted by Gasteiger charge is 2.12. The Labute approximate surface area is 119 Å². The van der Waals surface area contributed by atoms with Crippen LogP contribution in [0.3, 0.4) is 0 Å². The summed E-state index contributed by atoms with van der Waals surface area (Å²) >= 11 is 6.06. The van der Waals surface area contributed by atoms with Gasteiger partial charge in [0.25, 0.3) is 5.91 Å². The number of rotatable bonds is 4. The van der Waals surface area contributed by atoms with E-state index in [1.807, 2.05) is 0 Å². The molecule has 3 nitrogen and oxygen atoms in total. The monoisotopic (exact) mass is 279 g/mol. The average Bonchev–Trinajstić information content (AvgIpc) is 2.42. The van der Waals surface area contributed by atoms with Gasteiger partial charge in [0.1, 0.15) is 6.61 Å². The molecule has 0 heterocycles. The summed E-state index contributed by atoms with van der Waals surface area (Å²) in [5, 5.41) is 9.07. The summed E-state index contributed by atoms with van der Waals surface area (Å²) < 4.78 is 0. The number of hydrogen-bond acceptors (Lipinski definition) is 2. The lowest BCUT2D eigenvalue weighted by molar-refractivity contribution is 0.0793. The van der Waals surface area contributed by atoms with Crippen LogP contribution in [0.15, 0.2) is 18.2 Å². The van der Waals surface area contributed by atoms with Crippen molar-refractivity contribution in [3.63, 3.8) is 0 Å². The second-order valence-electron chi connectivity index (χ2n) is 4.23. The summed E-state index contributed by atoms with van der Waals surface area (Å²) in [6.45, 7) is 2.61. The zero-order chi connectivity index (χ0) is 14.3. The third kappa shape index (κ3) is 4.59. The molecule has 1 amide bonds. The van der Waals surface area contributed by atoms with Crippen molar-refractivity contribution in [1.29, 1.82) is 0 Å². The number of carbonyl (C=O) groups is 1. The van der Waals surface area contributed by atoms with Crippen molar-refractivity contribution in [3.05, 3.63) is 34.3 Å². The Balaban J connectivity index is 2.85. The van der Waals surface area contributed by atoms with Gasteiger partial charge in [-0.25, -0.2) is 0 Å². The van der Waals surface area contributed by atoms with Crippen LogP contribution in [0.4, 0.5) is 0 Å². The largest absolute Gasteiger partial charge is 0.384 e. The van der Waals surface area contributed by atoms with E-state index in [1.54, 1.807) is 30.1 Å². The number of nitrogens with zero attached hydrogens (tertiary/aromatic N) is 1. The van der Waals surface area contributed by atoms with E-state index in [9.17, 15) is 4.79 Å². The molecule has 0 atom stereocenters. The van der Waals surface area contributed by atoms with E-state index >= 15 is 0 Å². The van der Waals surface area contributed by atoms with Crippen LogP contribution in [0.25, 0.3) is 0 Å². The van der Waals surface area contributed by atoms with Crippen molar-refractivity contribution in [2.45, 2.75) is 19.8 Å². The van der Waals surface area contributed by atoms with Crippen molar-refractivity contribution in [3.8, 4) is 11.8 Å². The molecule has 0 unspecified atom stereocenters. The van der Waals surface area contributed by atoms with Gasteiger partial charge >= 0.3 is 0 Å². The Morgan fingerprint density at radius 3 is 2.79 bits per heavy atom. The first kappa shape index (κ1) is 15.6. The first-order valence-electron chi connectivity index (χ1n) is 6.25. The summed E-state index contributed by atoms with van der Waals surface area (Å²) in [5.41, 5.74) is 1.17. The third-order valence-electron chi connectivity index (χ3n) is 2.71. The highest BCUT2D eigenvalue weighted by molar-refractivity contribution is 6.32. The number of benzene rings is 1. The van der Waals surface area contributed by atoms with E-state index in [-0.39, 0.29) is 12.5 Å². The van der Waals surface area contributed by atoms with E-state index in [2.05, 4.69) is 18.8 Å². The maximum Gasteiger partial charge on any atom is 0.253 e. The number of aliphatic hydroxyl groups is 1. The van der Waals surface area contributed by atoms with Crippen LogP contribution in [0, 0.1) is 11.8 Å². The maximum atomic E-state index is 12.1. The fraction of sp³-hybridized carbons (Fsp3) is 0.400. The minimum atomic E-state index is -0.212. The molecule has 1 N–H and O–H groups in total. The second kappa shape index (κ2) is 7.83. The molecule has 0 aliphatic carbocycles. The molecule has 1 rings (SSSR count). The van der Waals surface area contributed by atoms with Crippen molar-refractivity contribution < 1.29 is 9.90 Å². The van der Waals surface area contributed by atoms with E-state index in [0.29, 0.717) is 16.1 Å². The Hall–Kier alpha value is -1.50. The van der Waals surface area contributed by atoms with Crippen molar-refractivity contribution in [1.82, 2.24) is 4.90 Å². The highest BCUT2D eigenvalue weighted by Crippen LogP contribution is 2.18. The van der Waals surface area contributed by atoms with Gasteiger partial charge in [-0.15, -0.1) is 0 Å². The minimum absolute atomic E-state index is 0.0444. The average molecular weight is 280 g/mol. The molecule has 19 heavy (non-hydrogen) atoms. The van der Waals surface area contributed by atoms with Gasteiger partial charge in [0, 0.05) is 24.7 Å². The molecule has 102 valence electrons. The van der Waals surface area contributed by atoms with Crippen LogP contribution >= 0.6 is 11.6 Å². The molecule has 0 aliphatic heterocycles. The first-order chi connectivity index (χ1) is 9.10. The molecule has 0 saturated carbocycles. The number of halogens is 1. The lowest BCUT2D eigenvalue weighted by Crippen LogP contribution is -2.27. The molecule has 4 heteroatoms. The summed E-state index contributed by atoms with van der Waals surface area (Å²) in [5.74, 6) is 5.22. The zero-order valence-electron chi connectivity index (χ0n) is 11.2. The molecule has 0 fully saturated rings. The molecule has 0 spiro atoms. The van der Waals surface area contributed by atoms with E-state index < -0.39 is 0 Å². The van der Waals surface area contributed by atoms with E-state index in [1.165, 1.54) is 0 Å². The van der Waals surface area contributed by atoms with Crippen molar-refractivity contribution >= 4 is 17.5 Å². The number of unbranched alkanes of at least 4 members (excludes halogenated alkanes) is 1. The number of carbonyl (C=O) groups excluding carboxylic acids is 1. The normalized spacial score (nSPS) is 9.68. The standard InChI is InChI=1S/C15H18ClNO2/c1-3-4-9-17(2)15(19)13-8-7-12(6-5-10-18)14(16)11-13/h7-8,11,18H,3-4,9-10H2,1-2H3. The van der Waals surface area contributed by atoms with Crippen molar-refractivity contribution in [2.24, 2.45) is 0 Å². The molecule has 1 aromatic rings. The predicted octanol–water partition coefficient (Wildman–Crippen LogP) is 2.56. The van der Waals surface area contributed by atoms with Gasteiger partial charge in [-0.1, -0.05) is 36.8 Å². The molecule has 0 aliphatic rings. The number of aliphatic hydroxyl groups excluding tert-OH is 1. The van der Waals surface area contributed by atoms with Crippen LogP contribution in [0.1, 0.15) is 35.7 Å². The number of hydrogen-bond donors (Lipinski definition) is 1. The highest BCUT2D eigenvalue weighted by atomic mass is 35.5. The molecule has 0 saturated heterocycles. The molecular weight excluding hydrogens is 262 g/mol. The smallest absolute Gasteiger partial charge is 0.253 e. The Morgan fingerprint density at radius 2 is 2.21 bits per heavy atom. The lowest BCUT2D eigenvalue weighted by atomic mass is 10.1. The Morgan fingerprint density at radius 1 is 1.47 bits per heavy atom. The van der Waals surface area contributed by atoms with E-state index in [0.717, 1.165) is 19.4 Å². The van der Waals surface area contributed by atoms with Crippen LogP contribution in [0.2, 0.25) is 5.02 Å². The summed E-state index contributed by atoms with van der Waals surface area (Å²) in [6, 6.07) is 5.03. The SMILES string of the molecule is CCCCN(C)C(=O)c1ccc(C#CCO)c(Cl)c1. The fourth-order valence-electron chi connectivity index (χ4n) is 1.60. The molecule has 0 aromatic heterocycles. The fourth-order valence-corrected chi connectivity index (χ4v) is 1.83. The van der Waals surface area contributed by atoms with Crippen LogP contribution in [-0.2, 0) is 0 Å². The van der Waals surface area contributed by atoms with Gasteiger partial charge in [-0.3, -0.25) is 4.79 Å². The summed E-state index contributed by atoms with van der Waals surface area (Å²) in [7, 11) is 1.78. The van der Waals surface area contributed by atoms with Gasteiger partial charge < -0.3 is 10.0 Å². The topological polar surface area (TPSA) is 40.5 Å². The predicted molar refractivity (Wildman–Crippen MR) is 77.3 cm³/mol. The van der Waals surface area contributed by atoms with Gasteiger partial charge in [0.2, 0.25) is 0 Å². The molecular formula is C15H18ClNO2. The van der Waals surface area contributed by atoms with Crippen LogP contribution < -0.4 is 0 Å². The number of amides is 1. The third-order valence-corrected chi connectivity index (χ3v) is 3.02. The summed E-state index contributed by atoms with van der Waals surface area (Å²) in [6.07, 6.45) is 2.03. The Kier molecular flexibility index (Phi) is 6.41. The van der Waals surface area contributed by atoms with Crippen LogP contribution in [-0.4, -0.2) is 36.1 Å². The zero-order valence-corrected chi connectivity index (χ0v) is 12.0. The lowest BCUT2D eigenvalue weighted by Gasteiger charge is -2.16. The molecule has 1 aromatic carbocycles. The van der Waals surface area contributed by atoms with Gasteiger partial charge in [0.15, 0.2) is 0 Å². The van der Waals surface area contributed by atoms with Gasteiger partial charge in [-0.05, 0) is 24.6 Å². The minimum Gasteiger partial charge on any atom is -0.384 e.